The largest absolute Gasteiger partial charge is 0.465 e. The number of carbonyl (C=O) groups excluding carboxylic acids is 2. The van der Waals surface area contributed by atoms with Gasteiger partial charge in [-0.2, -0.15) is 0 Å². The van der Waals surface area contributed by atoms with E-state index in [2.05, 4.69) is 9.72 Å². The second-order valence-electron chi connectivity index (χ2n) is 4.10. The summed E-state index contributed by atoms with van der Waals surface area (Å²) in [6.07, 6.45) is 0. The van der Waals surface area contributed by atoms with Crippen LogP contribution in [0.15, 0.2) is 18.2 Å². The van der Waals surface area contributed by atoms with Gasteiger partial charge in [-0.25, -0.2) is 9.59 Å². The van der Waals surface area contributed by atoms with Gasteiger partial charge in [0.2, 0.25) is 0 Å². The van der Waals surface area contributed by atoms with Crippen LogP contribution in [-0.2, 0) is 9.47 Å². The number of H-pyrrole nitrogens is 1. The van der Waals surface area contributed by atoms with Gasteiger partial charge in [-0.1, -0.05) is 0 Å². The first-order valence-electron chi connectivity index (χ1n) is 5.96. The molecule has 2 aromatic rings. The third-order valence-corrected chi connectivity index (χ3v) is 2.96. The first-order valence-corrected chi connectivity index (χ1v) is 5.96. The summed E-state index contributed by atoms with van der Waals surface area (Å²) in [5.74, 6) is -0.795. The average Bonchev–Trinajstić information content (AvgIpc) is 2.75. The van der Waals surface area contributed by atoms with E-state index < -0.39 is 11.9 Å². The minimum Gasteiger partial charge on any atom is -0.465 e. The van der Waals surface area contributed by atoms with Crippen molar-refractivity contribution in [2.75, 3.05) is 13.7 Å². The number of hydrogen-bond donors (Lipinski definition) is 1. The predicted octanol–water partition coefficient (Wildman–Crippen LogP) is 2.44. The number of esters is 2. The van der Waals surface area contributed by atoms with Gasteiger partial charge < -0.3 is 14.5 Å². The number of carbonyl (C=O) groups is 2. The van der Waals surface area contributed by atoms with Gasteiger partial charge in [-0.3, -0.25) is 0 Å². The van der Waals surface area contributed by atoms with Crippen molar-refractivity contribution in [3.63, 3.8) is 0 Å². The van der Waals surface area contributed by atoms with Crippen LogP contribution in [0.25, 0.3) is 10.9 Å². The van der Waals surface area contributed by atoms with Crippen LogP contribution in [0.5, 0.6) is 0 Å². The molecule has 5 heteroatoms. The summed E-state index contributed by atoms with van der Waals surface area (Å²) >= 11 is 0. The number of hydrogen-bond acceptors (Lipinski definition) is 4. The summed E-state index contributed by atoms with van der Waals surface area (Å²) in [5.41, 5.74) is 2.42. The Morgan fingerprint density at radius 3 is 2.63 bits per heavy atom. The van der Waals surface area contributed by atoms with Crippen molar-refractivity contribution in [1.82, 2.24) is 4.98 Å². The summed E-state index contributed by atoms with van der Waals surface area (Å²) < 4.78 is 9.65. The Bertz CT molecular complexity index is 642. The van der Waals surface area contributed by atoms with Gasteiger partial charge in [0.25, 0.3) is 0 Å². The highest BCUT2D eigenvalue weighted by Gasteiger charge is 2.17. The van der Waals surface area contributed by atoms with Crippen LogP contribution in [0.3, 0.4) is 0 Å². The lowest BCUT2D eigenvalue weighted by atomic mass is 10.1. The topological polar surface area (TPSA) is 68.4 Å². The highest BCUT2D eigenvalue weighted by atomic mass is 16.5. The Hall–Kier alpha value is -2.30. The Labute approximate surface area is 110 Å². The number of fused-ring (bicyclic) bond motifs is 1. The summed E-state index contributed by atoms with van der Waals surface area (Å²) in [6.45, 7) is 3.89. The van der Waals surface area contributed by atoms with Crippen molar-refractivity contribution < 1.29 is 19.1 Å². The quantitative estimate of drug-likeness (QED) is 0.862. The van der Waals surface area contributed by atoms with Crippen molar-refractivity contribution in [2.24, 2.45) is 0 Å². The molecule has 0 saturated carbocycles. The number of rotatable bonds is 3. The van der Waals surface area contributed by atoms with Gasteiger partial charge in [0, 0.05) is 10.9 Å². The zero-order valence-electron chi connectivity index (χ0n) is 11.1. The molecule has 1 heterocycles. The fourth-order valence-corrected chi connectivity index (χ4v) is 1.98. The molecule has 19 heavy (non-hydrogen) atoms. The van der Waals surface area contributed by atoms with Crippen LogP contribution < -0.4 is 0 Å². The SMILES string of the molecule is CCOC(=O)c1[nH]c2ccc(C(=O)OC)cc2c1C. The molecule has 0 fully saturated rings. The molecule has 0 bridgehead atoms. The maximum atomic E-state index is 11.8. The predicted molar refractivity (Wildman–Crippen MR) is 70.3 cm³/mol. The molecule has 0 aliphatic rings. The molecular formula is C14H15NO4. The average molecular weight is 261 g/mol. The molecule has 0 radical (unpaired) electrons. The van der Waals surface area contributed by atoms with Crippen molar-refractivity contribution in [2.45, 2.75) is 13.8 Å². The van der Waals surface area contributed by atoms with Gasteiger partial charge >= 0.3 is 11.9 Å². The summed E-state index contributed by atoms with van der Waals surface area (Å²) in [5, 5.41) is 0.811. The smallest absolute Gasteiger partial charge is 0.355 e. The lowest BCUT2D eigenvalue weighted by Gasteiger charge is -2.00. The number of nitrogens with one attached hydrogen (secondary N) is 1. The van der Waals surface area contributed by atoms with Crippen LogP contribution >= 0.6 is 0 Å². The standard InChI is InChI=1S/C14H15NO4/c1-4-19-14(17)12-8(2)10-7-9(13(16)18-3)5-6-11(10)15-12/h5-7,15H,4H2,1-3H3. The molecule has 0 aliphatic heterocycles. The summed E-state index contributed by atoms with van der Waals surface area (Å²) in [6, 6.07) is 5.10. The van der Waals surface area contributed by atoms with E-state index in [1.807, 2.05) is 6.92 Å². The molecule has 0 unspecified atom stereocenters. The molecular weight excluding hydrogens is 246 g/mol. The van der Waals surface area contributed by atoms with E-state index >= 15 is 0 Å². The normalized spacial score (nSPS) is 10.5. The zero-order chi connectivity index (χ0) is 14.0. The van der Waals surface area contributed by atoms with Crippen molar-refractivity contribution in [3.8, 4) is 0 Å². The van der Waals surface area contributed by atoms with E-state index in [9.17, 15) is 9.59 Å². The Morgan fingerprint density at radius 2 is 2.00 bits per heavy atom. The number of aromatic amines is 1. The van der Waals surface area contributed by atoms with E-state index in [1.165, 1.54) is 7.11 Å². The number of methoxy groups -OCH3 is 1. The minimum absolute atomic E-state index is 0.320. The van der Waals surface area contributed by atoms with Crippen molar-refractivity contribution in [1.29, 1.82) is 0 Å². The third kappa shape index (κ3) is 2.31. The Kier molecular flexibility index (Phi) is 3.55. The van der Waals surface area contributed by atoms with Crippen LogP contribution in [0.1, 0.15) is 33.3 Å². The fourth-order valence-electron chi connectivity index (χ4n) is 1.98. The van der Waals surface area contributed by atoms with Crippen LogP contribution in [0.4, 0.5) is 0 Å². The molecule has 1 N–H and O–H groups in total. The van der Waals surface area contributed by atoms with E-state index in [0.717, 1.165) is 16.5 Å². The first kappa shape index (κ1) is 13.1. The van der Waals surface area contributed by atoms with E-state index in [0.29, 0.717) is 17.9 Å². The molecule has 100 valence electrons. The maximum absolute atomic E-state index is 11.8. The minimum atomic E-state index is -0.403. The third-order valence-electron chi connectivity index (χ3n) is 2.96. The van der Waals surface area contributed by atoms with Gasteiger partial charge in [-0.05, 0) is 37.6 Å². The molecule has 2 rings (SSSR count). The van der Waals surface area contributed by atoms with E-state index in [1.54, 1.807) is 25.1 Å². The number of aromatic nitrogens is 1. The molecule has 1 aromatic heterocycles. The molecule has 0 amide bonds. The molecule has 0 spiro atoms. The second-order valence-corrected chi connectivity index (χ2v) is 4.10. The van der Waals surface area contributed by atoms with E-state index in [-0.39, 0.29) is 0 Å². The first-order chi connectivity index (χ1) is 9.08. The summed E-state index contributed by atoms with van der Waals surface area (Å²) in [4.78, 5) is 26.3. The molecule has 0 atom stereocenters. The fraction of sp³-hybridized carbons (Fsp3) is 0.286. The maximum Gasteiger partial charge on any atom is 0.355 e. The lowest BCUT2D eigenvalue weighted by Crippen LogP contribution is -2.06. The van der Waals surface area contributed by atoms with Crippen LogP contribution in [-0.4, -0.2) is 30.6 Å². The second kappa shape index (κ2) is 5.14. The number of aryl methyl sites for hydroxylation is 1. The van der Waals surface area contributed by atoms with Crippen molar-refractivity contribution in [3.05, 3.63) is 35.0 Å². The van der Waals surface area contributed by atoms with Gasteiger partial charge in [0.05, 0.1) is 19.3 Å². The van der Waals surface area contributed by atoms with Crippen LogP contribution in [0, 0.1) is 6.92 Å². The highest BCUT2D eigenvalue weighted by Crippen LogP contribution is 2.23. The van der Waals surface area contributed by atoms with Crippen molar-refractivity contribution >= 4 is 22.8 Å². The molecule has 1 aromatic carbocycles. The van der Waals surface area contributed by atoms with Crippen LogP contribution in [0.2, 0.25) is 0 Å². The van der Waals surface area contributed by atoms with E-state index in [4.69, 9.17) is 4.74 Å². The summed E-state index contributed by atoms with van der Waals surface area (Å²) in [7, 11) is 1.33. The molecule has 0 aliphatic carbocycles. The lowest BCUT2D eigenvalue weighted by molar-refractivity contribution is 0.0519. The molecule has 5 nitrogen and oxygen atoms in total. The zero-order valence-corrected chi connectivity index (χ0v) is 11.1. The van der Waals surface area contributed by atoms with Gasteiger partial charge in [-0.15, -0.1) is 0 Å². The van der Waals surface area contributed by atoms with Gasteiger partial charge in [0.1, 0.15) is 5.69 Å². The Balaban J connectivity index is 2.52. The number of benzene rings is 1. The monoisotopic (exact) mass is 261 g/mol. The molecule has 0 saturated heterocycles. The van der Waals surface area contributed by atoms with Gasteiger partial charge in [0.15, 0.2) is 0 Å². The highest BCUT2D eigenvalue weighted by molar-refractivity contribution is 6.01. The number of ether oxygens (including phenoxy) is 2. The Morgan fingerprint density at radius 1 is 1.26 bits per heavy atom.